The van der Waals surface area contributed by atoms with E-state index in [1.807, 2.05) is 36.6 Å². The second kappa shape index (κ2) is 10.8. The van der Waals surface area contributed by atoms with Crippen molar-refractivity contribution in [2.24, 2.45) is 0 Å². The Morgan fingerprint density at radius 3 is 2.61 bits per heavy atom. The van der Waals surface area contributed by atoms with Gasteiger partial charge in [0.1, 0.15) is 17.2 Å². The number of nitrogens with zero attached hydrogens (tertiary/aromatic N) is 5. The molecule has 0 saturated carbocycles. The van der Waals surface area contributed by atoms with Gasteiger partial charge in [0.2, 0.25) is 5.91 Å². The van der Waals surface area contributed by atoms with E-state index in [1.165, 1.54) is 39.1 Å². The number of hydrogen-bond donors (Lipinski definition) is 1. The molecule has 176 valence electrons. The standard InChI is InChI=1S/C22H28N6O3S2/c1-7-28-17(11-31-16-9-8-13(2)14(3)10-16)25-26-22(28)32-12-18(29)24-21-23-15(4)19(33-21)20(30)27(5)6/h8-10H,7,11-12H2,1-6H3,(H,23,24,29). The van der Waals surface area contributed by atoms with E-state index in [0.717, 1.165) is 5.75 Å². The molecule has 0 spiro atoms. The van der Waals surface area contributed by atoms with E-state index >= 15 is 0 Å². The predicted octanol–water partition coefficient (Wildman–Crippen LogP) is 3.69. The monoisotopic (exact) mass is 488 g/mol. The fraction of sp³-hybridized carbons (Fsp3) is 0.409. The summed E-state index contributed by atoms with van der Waals surface area (Å²) in [4.78, 5) is 30.9. The SMILES string of the molecule is CCn1c(COc2ccc(C)c(C)c2)nnc1SCC(=O)Nc1nc(C)c(C(=O)N(C)C)s1. The molecule has 9 nitrogen and oxygen atoms in total. The lowest BCUT2D eigenvalue weighted by atomic mass is 10.1. The van der Waals surface area contributed by atoms with Crippen molar-refractivity contribution in [3.63, 3.8) is 0 Å². The van der Waals surface area contributed by atoms with E-state index in [0.29, 0.717) is 33.2 Å². The van der Waals surface area contributed by atoms with Gasteiger partial charge in [-0.1, -0.05) is 29.2 Å². The van der Waals surface area contributed by atoms with Crippen LogP contribution >= 0.6 is 23.1 Å². The molecule has 33 heavy (non-hydrogen) atoms. The van der Waals surface area contributed by atoms with Gasteiger partial charge in [-0.05, 0) is 51.0 Å². The number of carbonyl (C=O) groups is 2. The summed E-state index contributed by atoms with van der Waals surface area (Å²) in [6.07, 6.45) is 0. The minimum atomic E-state index is -0.226. The molecule has 11 heteroatoms. The van der Waals surface area contributed by atoms with Crippen LogP contribution in [0.25, 0.3) is 0 Å². The van der Waals surface area contributed by atoms with E-state index in [4.69, 9.17) is 4.74 Å². The maximum atomic E-state index is 12.4. The van der Waals surface area contributed by atoms with Gasteiger partial charge in [0, 0.05) is 20.6 Å². The zero-order valence-corrected chi connectivity index (χ0v) is 21.3. The Morgan fingerprint density at radius 2 is 1.94 bits per heavy atom. The number of aromatic nitrogens is 4. The molecule has 3 aromatic rings. The number of carbonyl (C=O) groups excluding carboxylic acids is 2. The van der Waals surface area contributed by atoms with E-state index < -0.39 is 0 Å². The maximum absolute atomic E-state index is 12.4. The lowest BCUT2D eigenvalue weighted by molar-refractivity contribution is -0.113. The van der Waals surface area contributed by atoms with Crippen LogP contribution in [0.2, 0.25) is 0 Å². The highest BCUT2D eigenvalue weighted by atomic mass is 32.2. The van der Waals surface area contributed by atoms with Crippen molar-refractivity contribution < 1.29 is 14.3 Å². The zero-order chi connectivity index (χ0) is 24.1. The van der Waals surface area contributed by atoms with Crippen molar-refractivity contribution in [3.05, 3.63) is 45.7 Å². The highest BCUT2D eigenvalue weighted by Crippen LogP contribution is 2.25. The molecular formula is C22H28N6O3S2. The van der Waals surface area contributed by atoms with E-state index in [2.05, 4.69) is 27.4 Å². The molecule has 2 heterocycles. The first kappa shape index (κ1) is 24.7. The van der Waals surface area contributed by atoms with Crippen LogP contribution in [-0.4, -0.2) is 56.3 Å². The lowest BCUT2D eigenvalue weighted by Crippen LogP contribution is -2.21. The Bertz CT molecular complexity index is 1160. The second-order valence-electron chi connectivity index (χ2n) is 7.65. The number of amides is 2. The molecule has 0 radical (unpaired) electrons. The number of hydrogen-bond acceptors (Lipinski definition) is 8. The van der Waals surface area contributed by atoms with Gasteiger partial charge in [0.15, 0.2) is 16.1 Å². The first-order valence-corrected chi connectivity index (χ1v) is 12.2. The smallest absolute Gasteiger partial charge is 0.265 e. The number of rotatable bonds is 9. The quantitative estimate of drug-likeness (QED) is 0.458. The number of aryl methyl sites for hydroxylation is 3. The van der Waals surface area contributed by atoms with Crippen LogP contribution in [0.5, 0.6) is 5.75 Å². The van der Waals surface area contributed by atoms with Crippen molar-refractivity contribution in [1.29, 1.82) is 0 Å². The topological polar surface area (TPSA) is 102 Å². The molecule has 3 rings (SSSR count). The minimum absolute atomic E-state index is 0.133. The number of ether oxygens (including phenoxy) is 1. The third-order valence-corrected chi connectivity index (χ3v) is 6.96. The van der Waals surface area contributed by atoms with Gasteiger partial charge in [-0.3, -0.25) is 9.59 Å². The third-order valence-electron chi connectivity index (χ3n) is 4.93. The van der Waals surface area contributed by atoms with Gasteiger partial charge >= 0.3 is 0 Å². The van der Waals surface area contributed by atoms with Gasteiger partial charge in [-0.25, -0.2) is 4.98 Å². The molecule has 0 aliphatic carbocycles. The van der Waals surface area contributed by atoms with Gasteiger partial charge in [0.05, 0.1) is 11.4 Å². The molecule has 2 aromatic heterocycles. The molecule has 0 unspecified atom stereocenters. The fourth-order valence-electron chi connectivity index (χ4n) is 2.94. The normalized spacial score (nSPS) is 10.8. The summed E-state index contributed by atoms with van der Waals surface area (Å²) in [5.41, 5.74) is 2.98. The lowest BCUT2D eigenvalue weighted by Gasteiger charge is -2.10. The maximum Gasteiger partial charge on any atom is 0.265 e. The van der Waals surface area contributed by atoms with Gasteiger partial charge in [-0.2, -0.15) is 0 Å². The Hall–Kier alpha value is -2.92. The van der Waals surface area contributed by atoms with Crippen molar-refractivity contribution in [2.45, 2.75) is 46.0 Å². The highest BCUT2D eigenvalue weighted by molar-refractivity contribution is 7.99. The van der Waals surface area contributed by atoms with Crippen LogP contribution in [0.3, 0.4) is 0 Å². The Labute approximate surface area is 201 Å². The zero-order valence-electron chi connectivity index (χ0n) is 19.6. The Kier molecular flexibility index (Phi) is 8.09. The first-order chi connectivity index (χ1) is 15.7. The summed E-state index contributed by atoms with van der Waals surface area (Å²) in [7, 11) is 3.36. The van der Waals surface area contributed by atoms with E-state index in [1.54, 1.807) is 21.0 Å². The van der Waals surface area contributed by atoms with E-state index in [-0.39, 0.29) is 24.2 Å². The summed E-state index contributed by atoms with van der Waals surface area (Å²) in [5.74, 6) is 1.26. The van der Waals surface area contributed by atoms with E-state index in [9.17, 15) is 9.59 Å². The van der Waals surface area contributed by atoms with Gasteiger partial charge in [0.25, 0.3) is 5.91 Å². The molecule has 0 saturated heterocycles. The number of thioether (sulfide) groups is 1. The molecule has 0 atom stereocenters. The summed E-state index contributed by atoms with van der Waals surface area (Å²) >= 11 is 2.46. The molecule has 2 amide bonds. The molecule has 1 N–H and O–H groups in total. The van der Waals surface area contributed by atoms with Crippen molar-refractivity contribution >= 4 is 40.0 Å². The number of thiazole rings is 1. The van der Waals surface area contributed by atoms with Crippen LogP contribution in [0.4, 0.5) is 5.13 Å². The fourth-order valence-corrected chi connectivity index (χ4v) is 4.76. The second-order valence-corrected chi connectivity index (χ2v) is 9.59. The third kappa shape index (κ3) is 6.11. The van der Waals surface area contributed by atoms with Crippen molar-refractivity contribution in [3.8, 4) is 5.75 Å². The van der Waals surface area contributed by atoms with Crippen molar-refractivity contribution in [2.75, 3.05) is 25.2 Å². The molecule has 0 fully saturated rings. The Balaban J connectivity index is 1.58. The van der Waals surface area contributed by atoms with Crippen LogP contribution in [0.1, 0.15) is 39.2 Å². The summed E-state index contributed by atoms with van der Waals surface area (Å²) < 4.78 is 7.82. The van der Waals surface area contributed by atoms with Gasteiger partial charge in [-0.15, -0.1) is 10.2 Å². The van der Waals surface area contributed by atoms with Gasteiger partial charge < -0.3 is 19.5 Å². The van der Waals surface area contributed by atoms with Crippen LogP contribution < -0.4 is 10.1 Å². The molecule has 0 aliphatic rings. The summed E-state index contributed by atoms with van der Waals surface area (Å²) in [5, 5.41) is 12.3. The number of nitrogens with one attached hydrogen (secondary N) is 1. The molecular weight excluding hydrogens is 460 g/mol. The molecule has 0 bridgehead atoms. The minimum Gasteiger partial charge on any atom is -0.486 e. The molecule has 1 aromatic carbocycles. The van der Waals surface area contributed by atoms with Crippen LogP contribution in [-0.2, 0) is 17.9 Å². The Morgan fingerprint density at radius 1 is 1.18 bits per heavy atom. The van der Waals surface area contributed by atoms with Crippen LogP contribution in [0.15, 0.2) is 23.4 Å². The number of benzene rings is 1. The first-order valence-electron chi connectivity index (χ1n) is 10.4. The average Bonchev–Trinajstić information content (AvgIpc) is 3.34. The summed E-state index contributed by atoms with van der Waals surface area (Å²) in [6.45, 7) is 8.80. The predicted molar refractivity (Wildman–Crippen MR) is 130 cm³/mol. The average molecular weight is 489 g/mol. The largest absolute Gasteiger partial charge is 0.486 e. The number of anilines is 1. The summed E-state index contributed by atoms with van der Waals surface area (Å²) in [6, 6.07) is 5.96. The highest BCUT2D eigenvalue weighted by Gasteiger charge is 2.19. The van der Waals surface area contributed by atoms with Crippen LogP contribution in [0, 0.1) is 20.8 Å². The van der Waals surface area contributed by atoms with Crippen molar-refractivity contribution in [1.82, 2.24) is 24.6 Å². The molecule has 0 aliphatic heterocycles.